The van der Waals surface area contributed by atoms with Crippen LogP contribution in [-0.2, 0) is 12.6 Å². The van der Waals surface area contributed by atoms with Crippen LogP contribution < -0.4 is 10.1 Å². The van der Waals surface area contributed by atoms with Crippen LogP contribution in [0.1, 0.15) is 35.6 Å². The monoisotopic (exact) mass is 524 g/mol. The summed E-state index contributed by atoms with van der Waals surface area (Å²) >= 11 is 0. The number of nitro benzene ring substituents is 1. The van der Waals surface area contributed by atoms with Crippen molar-refractivity contribution in [2.75, 3.05) is 12.4 Å². The van der Waals surface area contributed by atoms with Gasteiger partial charge in [-0.25, -0.2) is 0 Å². The van der Waals surface area contributed by atoms with Crippen molar-refractivity contribution >= 4 is 22.1 Å². The third-order valence-corrected chi connectivity index (χ3v) is 6.45. The molecule has 0 fully saturated rings. The summed E-state index contributed by atoms with van der Waals surface area (Å²) in [6, 6.07) is 22.0. The Hall–Kier alpha value is -4.11. The average molecular weight is 525 g/mol. The largest absolute Gasteiger partial charge is 0.497 e. The highest BCUT2D eigenvalue weighted by Crippen LogP contribution is 2.32. The molecule has 0 saturated heterocycles. The lowest BCUT2D eigenvalue weighted by molar-refractivity contribution is -0.384. The summed E-state index contributed by atoms with van der Waals surface area (Å²) in [6.07, 6.45) is -3.84. The quantitative estimate of drug-likeness (QED) is 0.168. The van der Waals surface area contributed by atoms with Crippen molar-refractivity contribution in [3.8, 4) is 5.75 Å². The molecule has 0 aliphatic rings. The first kappa shape index (κ1) is 26.9. The van der Waals surface area contributed by atoms with Crippen LogP contribution >= 0.6 is 0 Å². The molecule has 0 spiro atoms. The van der Waals surface area contributed by atoms with Crippen molar-refractivity contribution in [1.82, 2.24) is 0 Å². The minimum absolute atomic E-state index is 0.0727. The molecular formula is C29H27F3N2O4. The van der Waals surface area contributed by atoms with E-state index in [0.29, 0.717) is 24.1 Å². The first-order chi connectivity index (χ1) is 18.1. The van der Waals surface area contributed by atoms with Crippen molar-refractivity contribution in [2.45, 2.75) is 37.6 Å². The number of anilines is 1. The highest BCUT2D eigenvalue weighted by atomic mass is 19.4. The number of nitrogens with zero attached hydrogens (tertiary/aromatic N) is 1. The normalized spacial score (nSPS) is 13.2. The van der Waals surface area contributed by atoms with Gasteiger partial charge in [0.25, 0.3) is 5.69 Å². The number of ether oxygens (including phenoxy) is 1. The van der Waals surface area contributed by atoms with Gasteiger partial charge in [0, 0.05) is 17.8 Å². The molecule has 0 heterocycles. The minimum atomic E-state index is -4.44. The summed E-state index contributed by atoms with van der Waals surface area (Å²) in [5.74, 6) is 0.776. The number of nitro groups is 1. The fourth-order valence-electron chi connectivity index (χ4n) is 4.34. The first-order valence-corrected chi connectivity index (χ1v) is 12.1. The van der Waals surface area contributed by atoms with E-state index in [9.17, 15) is 28.4 Å². The number of rotatable bonds is 10. The second-order valence-electron chi connectivity index (χ2n) is 9.10. The van der Waals surface area contributed by atoms with Crippen LogP contribution in [0.4, 0.5) is 24.5 Å². The van der Waals surface area contributed by atoms with E-state index < -0.39 is 28.8 Å². The molecule has 38 heavy (non-hydrogen) atoms. The molecule has 0 saturated carbocycles. The number of aliphatic hydroxyl groups is 1. The van der Waals surface area contributed by atoms with Gasteiger partial charge >= 0.3 is 6.18 Å². The highest BCUT2D eigenvalue weighted by Gasteiger charge is 2.30. The fourth-order valence-corrected chi connectivity index (χ4v) is 4.34. The fraction of sp³-hybridized carbons (Fsp3) is 0.241. The van der Waals surface area contributed by atoms with Gasteiger partial charge in [-0.2, -0.15) is 13.2 Å². The van der Waals surface area contributed by atoms with Crippen LogP contribution in [0.3, 0.4) is 0 Å². The molecule has 0 aromatic heterocycles. The third kappa shape index (κ3) is 6.80. The maximum Gasteiger partial charge on any atom is 0.416 e. The van der Waals surface area contributed by atoms with Gasteiger partial charge < -0.3 is 15.2 Å². The lowest BCUT2D eigenvalue weighted by Crippen LogP contribution is -2.19. The zero-order valence-electron chi connectivity index (χ0n) is 20.6. The van der Waals surface area contributed by atoms with E-state index in [1.807, 2.05) is 30.3 Å². The van der Waals surface area contributed by atoms with Gasteiger partial charge in [-0.3, -0.25) is 10.1 Å². The van der Waals surface area contributed by atoms with Gasteiger partial charge in [-0.1, -0.05) is 36.4 Å². The lowest BCUT2D eigenvalue weighted by Gasteiger charge is -2.24. The van der Waals surface area contributed by atoms with Crippen molar-refractivity contribution in [1.29, 1.82) is 0 Å². The SMILES string of the molecule is COc1ccc2cc(CCC(O)CC(Nc3ccc(C(F)(F)F)cc3)c3ccc([N+](=O)[O-])cc3)ccc2c1. The maximum absolute atomic E-state index is 13.0. The Balaban J connectivity index is 1.47. The number of aliphatic hydroxyl groups excluding tert-OH is 1. The predicted molar refractivity (Wildman–Crippen MR) is 140 cm³/mol. The summed E-state index contributed by atoms with van der Waals surface area (Å²) < 4.78 is 44.1. The number of non-ortho nitro benzene ring substituents is 1. The Morgan fingerprint density at radius 3 is 2.24 bits per heavy atom. The van der Waals surface area contributed by atoms with Gasteiger partial charge in [0.05, 0.1) is 29.7 Å². The van der Waals surface area contributed by atoms with Crippen molar-refractivity contribution < 1.29 is 27.9 Å². The van der Waals surface area contributed by atoms with Gasteiger partial charge in [-0.15, -0.1) is 0 Å². The number of fused-ring (bicyclic) bond motifs is 1. The van der Waals surface area contributed by atoms with Crippen LogP contribution in [0.25, 0.3) is 10.8 Å². The number of hydrogen-bond donors (Lipinski definition) is 2. The second kappa shape index (κ2) is 11.5. The smallest absolute Gasteiger partial charge is 0.416 e. The van der Waals surface area contributed by atoms with Crippen LogP contribution in [0.2, 0.25) is 0 Å². The molecular weight excluding hydrogens is 497 g/mol. The molecule has 0 aliphatic heterocycles. The second-order valence-corrected chi connectivity index (χ2v) is 9.10. The van der Waals surface area contributed by atoms with Crippen LogP contribution in [-0.4, -0.2) is 23.2 Å². The van der Waals surface area contributed by atoms with E-state index in [1.165, 1.54) is 24.3 Å². The Morgan fingerprint density at radius 1 is 0.947 bits per heavy atom. The molecule has 9 heteroatoms. The number of alkyl halides is 3. The summed E-state index contributed by atoms with van der Waals surface area (Å²) in [6.45, 7) is 0. The summed E-state index contributed by atoms with van der Waals surface area (Å²) in [5, 5.41) is 27.2. The van der Waals surface area contributed by atoms with Crippen LogP contribution in [0, 0.1) is 10.1 Å². The number of halogens is 3. The van der Waals surface area contributed by atoms with Gasteiger partial charge in [0.1, 0.15) is 5.75 Å². The Morgan fingerprint density at radius 2 is 1.61 bits per heavy atom. The van der Waals surface area contributed by atoms with Crippen molar-refractivity contribution in [3.05, 3.63) is 112 Å². The molecule has 2 N–H and O–H groups in total. The molecule has 4 aromatic carbocycles. The molecule has 0 aliphatic carbocycles. The number of methoxy groups -OCH3 is 1. The molecule has 2 atom stereocenters. The maximum atomic E-state index is 13.0. The molecule has 198 valence electrons. The number of aryl methyl sites for hydroxylation is 1. The summed E-state index contributed by atoms with van der Waals surface area (Å²) in [7, 11) is 1.62. The summed E-state index contributed by atoms with van der Waals surface area (Å²) in [5.41, 5.74) is 1.34. The molecule has 0 amide bonds. The molecule has 0 bridgehead atoms. The summed E-state index contributed by atoms with van der Waals surface area (Å²) in [4.78, 5) is 10.5. The van der Waals surface area contributed by atoms with Gasteiger partial charge in [0.15, 0.2) is 0 Å². The van der Waals surface area contributed by atoms with E-state index >= 15 is 0 Å². The predicted octanol–water partition coefficient (Wildman–Crippen LogP) is 7.31. The zero-order valence-corrected chi connectivity index (χ0v) is 20.6. The molecule has 4 rings (SSSR count). The lowest BCUT2D eigenvalue weighted by atomic mass is 9.95. The minimum Gasteiger partial charge on any atom is -0.497 e. The number of benzene rings is 4. The van der Waals surface area contributed by atoms with Crippen LogP contribution in [0.15, 0.2) is 84.9 Å². The zero-order chi connectivity index (χ0) is 27.3. The Labute approximate surface area is 217 Å². The van der Waals surface area contributed by atoms with E-state index in [4.69, 9.17) is 4.74 Å². The standard InChI is InChI=1S/C29H27F3N2O4/c1-38-27-15-7-21-16-19(2-4-22(21)17-27)3-14-26(35)18-28(20-5-12-25(13-6-20)34(36)37)33-24-10-8-23(9-11-24)29(30,31)32/h2,4-13,15-17,26,28,33,35H,3,14,18H2,1H3. The van der Waals surface area contributed by atoms with Crippen molar-refractivity contribution in [2.24, 2.45) is 0 Å². The topological polar surface area (TPSA) is 84.6 Å². The Bertz CT molecular complexity index is 1390. The third-order valence-electron chi connectivity index (χ3n) is 6.45. The number of nitrogens with one attached hydrogen (secondary N) is 1. The van der Waals surface area contributed by atoms with E-state index in [-0.39, 0.29) is 12.1 Å². The van der Waals surface area contributed by atoms with Gasteiger partial charge in [0.2, 0.25) is 0 Å². The van der Waals surface area contributed by atoms with Gasteiger partial charge in [-0.05, 0) is 77.6 Å². The average Bonchev–Trinajstić information content (AvgIpc) is 2.91. The molecule has 2 unspecified atom stereocenters. The molecule has 0 radical (unpaired) electrons. The van der Waals surface area contributed by atoms with E-state index in [1.54, 1.807) is 19.2 Å². The van der Waals surface area contributed by atoms with Crippen molar-refractivity contribution in [3.63, 3.8) is 0 Å². The highest BCUT2D eigenvalue weighted by molar-refractivity contribution is 5.84. The first-order valence-electron chi connectivity index (χ1n) is 12.1. The Kier molecular flexibility index (Phi) is 8.16. The molecule has 4 aromatic rings. The number of hydrogen-bond acceptors (Lipinski definition) is 5. The van der Waals surface area contributed by atoms with E-state index in [0.717, 1.165) is 34.2 Å². The molecule has 6 nitrogen and oxygen atoms in total. The van der Waals surface area contributed by atoms with E-state index in [2.05, 4.69) is 11.4 Å². The van der Waals surface area contributed by atoms with Crippen LogP contribution in [0.5, 0.6) is 5.75 Å².